The Bertz CT molecular complexity index is 875. The van der Waals surface area contributed by atoms with E-state index < -0.39 is 5.97 Å². The molecule has 3 heterocycles. The maximum absolute atomic E-state index is 11.6. The van der Waals surface area contributed by atoms with Gasteiger partial charge in [0.25, 0.3) is 0 Å². The number of fused-ring (bicyclic) bond motifs is 1. The van der Waals surface area contributed by atoms with E-state index in [1.807, 2.05) is 0 Å². The van der Waals surface area contributed by atoms with Gasteiger partial charge in [-0.05, 0) is 13.8 Å². The number of nitrogens with one attached hydrogen (secondary N) is 1. The van der Waals surface area contributed by atoms with Crippen molar-refractivity contribution >= 4 is 11.6 Å². The minimum atomic E-state index is -0.447. The van der Waals surface area contributed by atoms with Crippen molar-refractivity contribution in [2.75, 3.05) is 6.61 Å². The fourth-order valence-corrected chi connectivity index (χ4v) is 1.97. The van der Waals surface area contributed by atoms with Gasteiger partial charge in [-0.15, -0.1) is 0 Å². The third-order valence-electron chi connectivity index (χ3n) is 2.88. The van der Waals surface area contributed by atoms with Crippen LogP contribution < -0.4 is 5.69 Å². The highest BCUT2D eigenvalue weighted by molar-refractivity contribution is 5.88. The first-order valence-electron chi connectivity index (χ1n) is 6.27. The van der Waals surface area contributed by atoms with Crippen LogP contribution in [0.3, 0.4) is 0 Å². The summed E-state index contributed by atoms with van der Waals surface area (Å²) in [5.41, 5.74) is 0.403. The summed E-state index contributed by atoms with van der Waals surface area (Å²) in [5.74, 6) is 0.474. The highest BCUT2D eigenvalue weighted by Gasteiger charge is 2.13. The van der Waals surface area contributed by atoms with Gasteiger partial charge in [-0.3, -0.25) is 0 Å². The van der Waals surface area contributed by atoms with Crippen LogP contribution in [-0.4, -0.2) is 41.9 Å². The number of hydrogen-bond acceptors (Lipinski definition) is 6. The second kappa shape index (κ2) is 4.85. The molecule has 0 fully saturated rings. The maximum atomic E-state index is 11.6. The highest BCUT2D eigenvalue weighted by Crippen LogP contribution is 2.09. The standard InChI is InChI=1S/C12H12N6O3/c1-3-21-11(19)8-5-13-17(6-8)9-4-10-15-16-12(20)18(10)7(2)14-9/h4-6H,3H2,1-2H3,(H,16,20). The van der Waals surface area contributed by atoms with Crippen LogP contribution in [0, 0.1) is 6.92 Å². The third kappa shape index (κ3) is 2.18. The van der Waals surface area contributed by atoms with Crippen LogP contribution in [0.4, 0.5) is 0 Å². The Labute approximate surface area is 118 Å². The number of rotatable bonds is 3. The lowest BCUT2D eigenvalue weighted by atomic mass is 10.4. The Kier molecular flexibility index (Phi) is 3.01. The van der Waals surface area contributed by atoms with Crippen LogP contribution in [0.25, 0.3) is 11.5 Å². The molecule has 1 N–H and O–H groups in total. The second-order valence-electron chi connectivity index (χ2n) is 4.28. The van der Waals surface area contributed by atoms with Crippen molar-refractivity contribution in [3.8, 4) is 5.82 Å². The van der Waals surface area contributed by atoms with E-state index in [2.05, 4.69) is 20.3 Å². The van der Waals surface area contributed by atoms with E-state index in [1.54, 1.807) is 19.9 Å². The molecule has 0 spiro atoms. The lowest BCUT2D eigenvalue weighted by Gasteiger charge is -2.03. The maximum Gasteiger partial charge on any atom is 0.349 e. The summed E-state index contributed by atoms with van der Waals surface area (Å²) in [4.78, 5) is 27.4. The molecule has 21 heavy (non-hydrogen) atoms. The quantitative estimate of drug-likeness (QED) is 0.684. The molecule has 0 aromatic carbocycles. The van der Waals surface area contributed by atoms with Gasteiger partial charge in [-0.25, -0.2) is 28.8 Å². The van der Waals surface area contributed by atoms with E-state index >= 15 is 0 Å². The van der Waals surface area contributed by atoms with Gasteiger partial charge in [0.2, 0.25) is 0 Å². The Morgan fingerprint density at radius 1 is 1.48 bits per heavy atom. The summed E-state index contributed by atoms with van der Waals surface area (Å²) in [6, 6.07) is 1.59. The first-order chi connectivity index (χ1) is 10.1. The molecule has 0 radical (unpaired) electrons. The van der Waals surface area contributed by atoms with Crippen LogP contribution in [-0.2, 0) is 4.74 Å². The number of esters is 1. The highest BCUT2D eigenvalue weighted by atomic mass is 16.5. The normalized spacial score (nSPS) is 11.0. The molecule has 9 nitrogen and oxygen atoms in total. The van der Waals surface area contributed by atoms with Gasteiger partial charge < -0.3 is 4.74 Å². The van der Waals surface area contributed by atoms with E-state index in [1.165, 1.54) is 21.5 Å². The monoisotopic (exact) mass is 288 g/mol. The van der Waals surface area contributed by atoms with E-state index in [9.17, 15) is 9.59 Å². The number of carbonyl (C=O) groups is 1. The zero-order chi connectivity index (χ0) is 15.0. The van der Waals surface area contributed by atoms with Gasteiger partial charge in [0.15, 0.2) is 11.5 Å². The fraction of sp³-hybridized carbons (Fsp3) is 0.250. The van der Waals surface area contributed by atoms with Gasteiger partial charge in [-0.1, -0.05) is 0 Å². The first-order valence-corrected chi connectivity index (χ1v) is 6.27. The average molecular weight is 288 g/mol. The molecule has 0 aliphatic rings. The molecule has 3 aromatic heterocycles. The van der Waals surface area contributed by atoms with Crippen LogP contribution in [0.15, 0.2) is 23.3 Å². The van der Waals surface area contributed by atoms with Crippen LogP contribution in [0.2, 0.25) is 0 Å². The zero-order valence-electron chi connectivity index (χ0n) is 11.4. The molecule has 108 valence electrons. The molecule has 0 saturated heterocycles. The number of aryl methyl sites for hydroxylation is 1. The van der Waals surface area contributed by atoms with Crippen molar-refractivity contribution < 1.29 is 9.53 Å². The summed E-state index contributed by atoms with van der Waals surface area (Å²) in [6.07, 6.45) is 2.91. The first kappa shape index (κ1) is 13.0. The van der Waals surface area contributed by atoms with Gasteiger partial charge in [-0.2, -0.15) is 10.2 Å². The Morgan fingerprint density at radius 3 is 3.05 bits per heavy atom. The van der Waals surface area contributed by atoms with Crippen LogP contribution >= 0.6 is 0 Å². The largest absolute Gasteiger partial charge is 0.462 e. The minimum absolute atomic E-state index is 0.295. The molecule has 9 heteroatoms. The van der Waals surface area contributed by atoms with Crippen molar-refractivity contribution in [3.05, 3.63) is 40.3 Å². The number of aromatic nitrogens is 6. The van der Waals surface area contributed by atoms with Crippen molar-refractivity contribution in [3.63, 3.8) is 0 Å². The number of nitrogens with zero attached hydrogens (tertiary/aromatic N) is 5. The van der Waals surface area contributed by atoms with Crippen molar-refractivity contribution in [1.82, 2.24) is 29.4 Å². The van der Waals surface area contributed by atoms with Gasteiger partial charge in [0, 0.05) is 12.3 Å². The van der Waals surface area contributed by atoms with Crippen LogP contribution in [0.1, 0.15) is 23.1 Å². The lowest BCUT2D eigenvalue weighted by Crippen LogP contribution is -2.14. The second-order valence-corrected chi connectivity index (χ2v) is 4.28. The average Bonchev–Trinajstić information content (AvgIpc) is 3.06. The molecule has 3 rings (SSSR count). The molecule has 0 saturated carbocycles. The molecule has 0 unspecified atom stereocenters. The lowest BCUT2D eigenvalue weighted by molar-refractivity contribution is 0.0526. The smallest absolute Gasteiger partial charge is 0.349 e. The number of ether oxygens (including phenoxy) is 1. The van der Waals surface area contributed by atoms with Crippen molar-refractivity contribution in [2.45, 2.75) is 13.8 Å². The van der Waals surface area contributed by atoms with E-state index in [0.29, 0.717) is 29.5 Å². The molecule has 0 atom stereocenters. The summed E-state index contributed by atoms with van der Waals surface area (Å²) < 4.78 is 7.67. The molecule has 3 aromatic rings. The van der Waals surface area contributed by atoms with Crippen LogP contribution in [0.5, 0.6) is 0 Å². The fourth-order valence-electron chi connectivity index (χ4n) is 1.97. The Morgan fingerprint density at radius 2 is 2.29 bits per heavy atom. The van der Waals surface area contributed by atoms with Gasteiger partial charge in [0.1, 0.15) is 5.82 Å². The zero-order valence-corrected chi connectivity index (χ0v) is 11.4. The minimum Gasteiger partial charge on any atom is -0.462 e. The van der Waals surface area contributed by atoms with Crippen molar-refractivity contribution in [2.24, 2.45) is 0 Å². The SMILES string of the molecule is CCOC(=O)c1cnn(-c2cc3n[nH]c(=O)n3c(C)n2)c1. The summed E-state index contributed by atoms with van der Waals surface area (Å²) in [6.45, 7) is 3.71. The predicted molar refractivity (Wildman–Crippen MR) is 71.4 cm³/mol. The number of carbonyl (C=O) groups excluding carboxylic acids is 1. The summed E-state index contributed by atoms with van der Waals surface area (Å²) in [5, 5.41) is 10.3. The van der Waals surface area contributed by atoms with Gasteiger partial charge in [0.05, 0.1) is 18.4 Å². The van der Waals surface area contributed by atoms with E-state index in [-0.39, 0.29) is 5.69 Å². The van der Waals surface area contributed by atoms with Crippen molar-refractivity contribution in [1.29, 1.82) is 0 Å². The molecular weight excluding hydrogens is 276 g/mol. The van der Waals surface area contributed by atoms with E-state index in [0.717, 1.165) is 0 Å². The predicted octanol–water partition coefficient (Wildman–Crippen LogP) is 0.0884. The molecular formula is C12H12N6O3. The number of hydrogen-bond donors (Lipinski definition) is 1. The van der Waals surface area contributed by atoms with E-state index in [4.69, 9.17) is 4.74 Å². The number of H-pyrrole nitrogens is 1. The topological polar surface area (TPSA) is 107 Å². The Balaban J connectivity index is 2.05. The summed E-state index contributed by atoms with van der Waals surface area (Å²) in [7, 11) is 0. The molecule has 0 aliphatic carbocycles. The molecule has 0 bridgehead atoms. The molecule has 0 amide bonds. The summed E-state index contributed by atoms with van der Waals surface area (Å²) >= 11 is 0. The Hall–Kier alpha value is -2.97. The van der Waals surface area contributed by atoms with Gasteiger partial charge >= 0.3 is 11.7 Å². The number of aromatic amines is 1. The third-order valence-corrected chi connectivity index (χ3v) is 2.88. The molecule has 0 aliphatic heterocycles.